The summed E-state index contributed by atoms with van der Waals surface area (Å²) in [4.78, 5) is 35.8. The normalized spacial score (nSPS) is 12.2. The van der Waals surface area contributed by atoms with Crippen LogP contribution in [0.5, 0.6) is 0 Å². The zero-order valence-electron chi connectivity index (χ0n) is 16.1. The van der Waals surface area contributed by atoms with Crippen LogP contribution in [0, 0.1) is 11.3 Å². The highest BCUT2D eigenvalue weighted by Gasteiger charge is 2.16. The van der Waals surface area contributed by atoms with Crippen LogP contribution in [0.4, 0.5) is 5.69 Å². The molecule has 0 saturated heterocycles. The molecule has 1 aliphatic carbocycles. The zero-order valence-corrected chi connectivity index (χ0v) is 16.1. The third-order valence-corrected chi connectivity index (χ3v) is 5.05. The number of benzene rings is 2. The number of hydrogen-bond acceptors (Lipinski definition) is 6. The Balaban J connectivity index is 1.49. The SMILES string of the molecule is N#CCC(=O)Nc1ccc(C(=O)OCc2cc(=O)oc3cc4c(cc23)CCC4)cc1. The molecule has 1 heterocycles. The maximum atomic E-state index is 12.4. The molecule has 1 amide bonds. The van der Waals surface area contributed by atoms with Crippen LogP contribution in [-0.4, -0.2) is 11.9 Å². The van der Waals surface area contributed by atoms with E-state index in [1.54, 1.807) is 18.2 Å². The lowest BCUT2D eigenvalue weighted by molar-refractivity contribution is -0.115. The van der Waals surface area contributed by atoms with Crippen LogP contribution in [0.3, 0.4) is 0 Å². The summed E-state index contributed by atoms with van der Waals surface area (Å²) in [5, 5.41) is 11.8. The smallest absolute Gasteiger partial charge is 0.338 e. The number of nitriles is 1. The van der Waals surface area contributed by atoms with E-state index in [0.717, 1.165) is 24.6 Å². The fourth-order valence-electron chi connectivity index (χ4n) is 3.61. The van der Waals surface area contributed by atoms with Crippen molar-refractivity contribution >= 4 is 28.5 Å². The molecule has 30 heavy (non-hydrogen) atoms. The largest absolute Gasteiger partial charge is 0.457 e. The van der Waals surface area contributed by atoms with Crippen LogP contribution in [0.15, 0.2) is 51.7 Å². The first-order chi connectivity index (χ1) is 14.5. The topological polar surface area (TPSA) is 109 Å². The van der Waals surface area contributed by atoms with Crippen LogP contribution in [-0.2, 0) is 29.0 Å². The Morgan fingerprint density at radius 2 is 1.83 bits per heavy atom. The first-order valence-electron chi connectivity index (χ1n) is 9.56. The second kappa shape index (κ2) is 8.21. The fourth-order valence-corrected chi connectivity index (χ4v) is 3.61. The van der Waals surface area contributed by atoms with Crippen LogP contribution >= 0.6 is 0 Å². The van der Waals surface area contributed by atoms with Gasteiger partial charge in [0.2, 0.25) is 5.91 Å². The number of aryl methyl sites for hydroxylation is 2. The van der Waals surface area contributed by atoms with Gasteiger partial charge in [-0.25, -0.2) is 9.59 Å². The minimum Gasteiger partial charge on any atom is -0.457 e. The molecule has 7 nitrogen and oxygen atoms in total. The van der Waals surface area contributed by atoms with E-state index in [-0.39, 0.29) is 13.0 Å². The summed E-state index contributed by atoms with van der Waals surface area (Å²) in [5.74, 6) is -0.971. The molecule has 0 saturated carbocycles. The zero-order chi connectivity index (χ0) is 21.1. The summed E-state index contributed by atoms with van der Waals surface area (Å²) in [6, 6.07) is 13.2. The van der Waals surface area contributed by atoms with Gasteiger partial charge in [0.05, 0.1) is 11.6 Å². The van der Waals surface area contributed by atoms with Gasteiger partial charge in [-0.05, 0) is 66.8 Å². The Hall–Kier alpha value is -3.92. The van der Waals surface area contributed by atoms with Gasteiger partial charge in [0.15, 0.2) is 0 Å². The molecule has 1 aliphatic rings. The van der Waals surface area contributed by atoms with E-state index in [4.69, 9.17) is 14.4 Å². The summed E-state index contributed by atoms with van der Waals surface area (Å²) in [6.07, 6.45) is 2.79. The number of hydrogen-bond donors (Lipinski definition) is 1. The number of anilines is 1. The van der Waals surface area contributed by atoms with Crippen LogP contribution < -0.4 is 10.9 Å². The van der Waals surface area contributed by atoms with E-state index in [1.165, 1.54) is 29.3 Å². The number of ether oxygens (including phenoxy) is 1. The second-order valence-electron chi connectivity index (χ2n) is 7.10. The van der Waals surface area contributed by atoms with Gasteiger partial charge in [0.25, 0.3) is 0 Å². The molecule has 150 valence electrons. The molecular weight excluding hydrogens is 384 g/mol. The van der Waals surface area contributed by atoms with Gasteiger partial charge in [0.1, 0.15) is 18.6 Å². The molecule has 1 aromatic heterocycles. The van der Waals surface area contributed by atoms with Crippen molar-refractivity contribution in [3.63, 3.8) is 0 Å². The number of amides is 1. The van der Waals surface area contributed by atoms with Gasteiger partial charge in [-0.1, -0.05) is 0 Å². The number of fused-ring (bicyclic) bond motifs is 2. The van der Waals surface area contributed by atoms with Gasteiger partial charge >= 0.3 is 11.6 Å². The number of rotatable bonds is 5. The van der Waals surface area contributed by atoms with E-state index in [9.17, 15) is 14.4 Å². The van der Waals surface area contributed by atoms with Crippen LogP contribution in [0.25, 0.3) is 11.0 Å². The molecule has 2 aromatic carbocycles. The molecule has 4 rings (SSSR count). The third kappa shape index (κ3) is 4.08. The van der Waals surface area contributed by atoms with Gasteiger partial charge in [-0.2, -0.15) is 5.26 Å². The highest BCUT2D eigenvalue weighted by Crippen LogP contribution is 2.28. The number of esters is 1. The predicted molar refractivity (Wildman–Crippen MR) is 109 cm³/mol. The lowest BCUT2D eigenvalue weighted by atomic mass is 10.0. The van der Waals surface area contributed by atoms with Crippen LogP contribution in [0.1, 0.15) is 39.9 Å². The van der Waals surface area contributed by atoms with Crippen LogP contribution in [0.2, 0.25) is 0 Å². The van der Waals surface area contributed by atoms with Crippen molar-refractivity contribution < 1.29 is 18.7 Å². The van der Waals surface area contributed by atoms with E-state index >= 15 is 0 Å². The molecule has 0 bridgehead atoms. The van der Waals surface area contributed by atoms with Crippen molar-refractivity contribution in [3.8, 4) is 6.07 Å². The predicted octanol–water partition coefficient (Wildman–Crippen LogP) is 3.49. The number of carbonyl (C=O) groups excluding carboxylic acids is 2. The maximum absolute atomic E-state index is 12.4. The van der Waals surface area contributed by atoms with Crippen molar-refractivity contribution in [2.24, 2.45) is 0 Å². The number of nitrogens with zero attached hydrogens (tertiary/aromatic N) is 1. The number of carbonyl (C=O) groups is 2. The van der Waals surface area contributed by atoms with Crippen molar-refractivity contribution in [1.82, 2.24) is 0 Å². The molecule has 0 fully saturated rings. The first-order valence-corrected chi connectivity index (χ1v) is 9.56. The Morgan fingerprint density at radius 1 is 1.10 bits per heavy atom. The van der Waals surface area contributed by atoms with E-state index < -0.39 is 17.5 Å². The summed E-state index contributed by atoms with van der Waals surface area (Å²) in [5.41, 5.74) is 3.84. The molecule has 1 N–H and O–H groups in total. The Labute approximate surface area is 171 Å². The second-order valence-corrected chi connectivity index (χ2v) is 7.10. The van der Waals surface area contributed by atoms with Crippen molar-refractivity contribution in [2.75, 3.05) is 5.32 Å². The Kier molecular flexibility index (Phi) is 5.31. The molecule has 0 atom stereocenters. The monoisotopic (exact) mass is 402 g/mol. The van der Waals surface area contributed by atoms with E-state index in [0.29, 0.717) is 22.4 Å². The minimum atomic E-state index is -0.549. The van der Waals surface area contributed by atoms with Gasteiger partial charge in [-0.15, -0.1) is 0 Å². The van der Waals surface area contributed by atoms with Gasteiger partial charge < -0.3 is 14.5 Å². The van der Waals surface area contributed by atoms with Crippen molar-refractivity contribution in [2.45, 2.75) is 32.3 Å². The number of nitrogens with one attached hydrogen (secondary N) is 1. The van der Waals surface area contributed by atoms with E-state index in [2.05, 4.69) is 5.32 Å². The third-order valence-electron chi connectivity index (χ3n) is 5.05. The molecule has 0 unspecified atom stereocenters. The summed E-state index contributed by atoms with van der Waals surface area (Å²) < 4.78 is 10.7. The Morgan fingerprint density at radius 3 is 2.57 bits per heavy atom. The standard InChI is InChI=1S/C23H18N2O5/c24-9-8-21(26)25-18-6-4-14(5-7-18)23(28)29-13-17-12-22(27)30-20-11-16-3-1-2-15(16)10-19(17)20/h4-7,10-12H,1-3,8,13H2,(H,25,26). The van der Waals surface area contributed by atoms with Crippen molar-refractivity contribution in [3.05, 3.63) is 75.1 Å². The van der Waals surface area contributed by atoms with E-state index in [1.807, 2.05) is 12.1 Å². The molecule has 0 spiro atoms. The van der Waals surface area contributed by atoms with Crippen molar-refractivity contribution in [1.29, 1.82) is 5.26 Å². The highest BCUT2D eigenvalue weighted by molar-refractivity contribution is 5.94. The molecular formula is C23H18N2O5. The molecule has 3 aromatic rings. The average molecular weight is 402 g/mol. The Bertz CT molecular complexity index is 1240. The average Bonchev–Trinajstić information content (AvgIpc) is 3.18. The minimum absolute atomic E-state index is 0.0552. The summed E-state index contributed by atoms with van der Waals surface area (Å²) in [7, 11) is 0. The maximum Gasteiger partial charge on any atom is 0.338 e. The first kappa shape index (κ1) is 19.4. The van der Waals surface area contributed by atoms with Gasteiger partial charge in [-0.3, -0.25) is 4.79 Å². The lowest BCUT2D eigenvalue weighted by Crippen LogP contribution is -2.11. The quantitative estimate of drug-likeness (QED) is 0.517. The fraction of sp³-hybridized carbons (Fsp3) is 0.217. The molecule has 7 heteroatoms. The molecule has 0 radical (unpaired) electrons. The highest BCUT2D eigenvalue weighted by atomic mass is 16.5. The lowest BCUT2D eigenvalue weighted by Gasteiger charge is -2.09. The molecule has 0 aliphatic heterocycles. The van der Waals surface area contributed by atoms with Gasteiger partial charge in [0, 0.05) is 22.7 Å². The summed E-state index contributed by atoms with van der Waals surface area (Å²) in [6.45, 7) is -0.0552. The summed E-state index contributed by atoms with van der Waals surface area (Å²) >= 11 is 0.